The topological polar surface area (TPSA) is 75.5 Å². The zero-order chi connectivity index (χ0) is 15.4. The fourth-order valence-electron chi connectivity index (χ4n) is 1.98. The lowest BCUT2D eigenvalue weighted by Gasteiger charge is -2.20. The first-order valence-electron chi connectivity index (χ1n) is 6.82. The molecule has 1 N–H and O–H groups in total. The number of benzene rings is 1. The maximum atomic E-state index is 11.2. The summed E-state index contributed by atoms with van der Waals surface area (Å²) in [5, 5.41) is 9.96. The lowest BCUT2D eigenvalue weighted by molar-refractivity contribution is 0.0684. The molecule has 0 bridgehead atoms. The van der Waals surface area contributed by atoms with Crippen molar-refractivity contribution in [2.75, 3.05) is 25.1 Å². The molecule has 0 radical (unpaired) electrons. The summed E-state index contributed by atoms with van der Waals surface area (Å²) in [6.45, 7) is 5.12. The van der Waals surface area contributed by atoms with Gasteiger partial charge in [0, 0.05) is 19.0 Å². The number of nitrogens with zero attached hydrogens (tertiary/aromatic N) is 3. The number of aromatic carboxylic acids is 1. The molecule has 112 valence electrons. The van der Waals surface area contributed by atoms with E-state index in [0.717, 1.165) is 5.39 Å². The van der Waals surface area contributed by atoms with Crippen LogP contribution < -0.4 is 4.90 Å². The molecule has 6 heteroatoms. The molecule has 0 fully saturated rings. The zero-order valence-corrected chi connectivity index (χ0v) is 12.4. The van der Waals surface area contributed by atoms with Gasteiger partial charge in [-0.05, 0) is 26.0 Å². The highest BCUT2D eigenvalue weighted by Crippen LogP contribution is 2.22. The Morgan fingerprint density at radius 1 is 1.33 bits per heavy atom. The summed E-state index contributed by atoms with van der Waals surface area (Å²) < 4.78 is 5.52. The first-order chi connectivity index (χ1) is 9.99. The van der Waals surface area contributed by atoms with Gasteiger partial charge in [-0.3, -0.25) is 0 Å². The Morgan fingerprint density at radius 3 is 2.71 bits per heavy atom. The lowest BCUT2D eigenvalue weighted by Crippen LogP contribution is -2.26. The summed E-state index contributed by atoms with van der Waals surface area (Å²) >= 11 is 0. The van der Waals surface area contributed by atoms with E-state index >= 15 is 0 Å². The van der Waals surface area contributed by atoms with E-state index in [9.17, 15) is 4.79 Å². The molecule has 0 aliphatic carbocycles. The van der Waals surface area contributed by atoms with Crippen LogP contribution in [0.1, 0.15) is 24.5 Å². The lowest BCUT2D eigenvalue weighted by atomic mass is 10.2. The monoisotopic (exact) mass is 289 g/mol. The number of aromatic nitrogens is 2. The first kappa shape index (κ1) is 15.2. The predicted molar refractivity (Wildman–Crippen MR) is 80.9 cm³/mol. The Hall–Kier alpha value is -2.21. The molecule has 1 aromatic carbocycles. The molecule has 0 unspecified atom stereocenters. The van der Waals surface area contributed by atoms with Crippen LogP contribution in [0.4, 0.5) is 5.82 Å². The van der Waals surface area contributed by atoms with Gasteiger partial charge in [0.15, 0.2) is 0 Å². The van der Waals surface area contributed by atoms with Crippen molar-refractivity contribution >= 4 is 22.7 Å². The van der Waals surface area contributed by atoms with Crippen LogP contribution in [-0.4, -0.2) is 47.3 Å². The third kappa shape index (κ3) is 3.66. The molecule has 0 aliphatic heterocycles. The van der Waals surface area contributed by atoms with E-state index in [1.54, 1.807) is 6.07 Å². The number of ether oxygens (including phenoxy) is 1. The number of hydrogen-bond donors (Lipinski definition) is 1. The molecule has 6 nitrogen and oxygen atoms in total. The quantitative estimate of drug-likeness (QED) is 0.878. The summed E-state index contributed by atoms with van der Waals surface area (Å²) in [6, 6.07) is 7.38. The van der Waals surface area contributed by atoms with Crippen LogP contribution in [0, 0.1) is 0 Å². The number of carbonyl (C=O) groups is 1. The number of hydrogen-bond acceptors (Lipinski definition) is 5. The second-order valence-electron chi connectivity index (χ2n) is 5.03. The summed E-state index contributed by atoms with van der Waals surface area (Å²) in [4.78, 5) is 21.3. The minimum Gasteiger partial charge on any atom is -0.475 e. The number of carboxylic acid groups (broad SMARTS) is 1. The fraction of sp³-hybridized carbons (Fsp3) is 0.400. The maximum absolute atomic E-state index is 11.2. The van der Waals surface area contributed by atoms with Gasteiger partial charge in [-0.1, -0.05) is 12.1 Å². The molecule has 0 atom stereocenters. The second-order valence-corrected chi connectivity index (χ2v) is 5.03. The van der Waals surface area contributed by atoms with Gasteiger partial charge in [-0.15, -0.1) is 0 Å². The largest absolute Gasteiger partial charge is 0.475 e. The highest BCUT2D eigenvalue weighted by Gasteiger charge is 2.15. The van der Waals surface area contributed by atoms with Gasteiger partial charge in [0.25, 0.3) is 0 Å². The van der Waals surface area contributed by atoms with Crippen molar-refractivity contribution in [3.05, 3.63) is 30.1 Å². The summed E-state index contributed by atoms with van der Waals surface area (Å²) in [6.07, 6.45) is 0.162. The third-order valence-corrected chi connectivity index (χ3v) is 3.01. The van der Waals surface area contributed by atoms with Crippen molar-refractivity contribution in [3.8, 4) is 0 Å². The van der Waals surface area contributed by atoms with Gasteiger partial charge in [0.2, 0.25) is 5.82 Å². The van der Waals surface area contributed by atoms with Crippen molar-refractivity contribution in [1.29, 1.82) is 0 Å². The average molecular weight is 289 g/mol. The second kappa shape index (κ2) is 6.49. The molecule has 0 spiro atoms. The van der Waals surface area contributed by atoms with E-state index in [1.807, 2.05) is 44.0 Å². The van der Waals surface area contributed by atoms with Gasteiger partial charge in [-0.2, -0.15) is 0 Å². The molecule has 2 rings (SSSR count). The van der Waals surface area contributed by atoms with Gasteiger partial charge >= 0.3 is 5.97 Å². The minimum atomic E-state index is -1.13. The molecule has 1 heterocycles. The first-order valence-corrected chi connectivity index (χ1v) is 6.82. The van der Waals surface area contributed by atoms with Gasteiger partial charge in [-0.25, -0.2) is 14.8 Å². The molecule has 2 aromatic rings. The third-order valence-electron chi connectivity index (χ3n) is 3.01. The van der Waals surface area contributed by atoms with Crippen LogP contribution in [0.15, 0.2) is 24.3 Å². The summed E-state index contributed by atoms with van der Waals surface area (Å²) in [5.41, 5.74) is 0.622. The number of anilines is 1. The van der Waals surface area contributed by atoms with Crippen LogP contribution in [0.2, 0.25) is 0 Å². The van der Waals surface area contributed by atoms with E-state index in [-0.39, 0.29) is 11.9 Å². The zero-order valence-electron chi connectivity index (χ0n) is 12.4. The molecule has 1 aromatic heterocycles. The number of carboxylic acids is 1. The van der Waals surface area contributed by atoms with E-state index in [4.69, 9.17) is 9.84 Å². The molecule has 0 amide bonds. The Morgan fingerprint density at radius 2 is 2.05 bits per heavy atom. The van der Waals surface area contributed by atoms with Crippen molar-refractivity contribution in [2.24, 2.45) is 0 Å². The summed E-state index contributed by atoms with van der Waals surface area (Å²) in [7, 11) is 1.87. The number of rotatable bonds is 6. The molecule has 0 saturated heterocycles. The maximum Gasteiger partial charge on any atom is 0.374 e. The van der Waals surface area contributed by atoms with Crippen LogP contribution in [0.3, 0.4) is 0 Å². The molecule has 0 aliphatic rings. The molecular formula is C15H19N3O3. The Labute approximate surface area is 123 Å². The average Bonchev–Trinajstić information content (AvgIpc) is 2.45. The molecule has 0 saturated carbocycles. The predicted octanol–water partition coefficient (Wildman–Crippen LogP) is 2.19. The fourth-order valence-corrected chi connectivity index (χ4v) is 1.98. The Kier molecular flexibility index (Phi) is 4.70. The Balaban J connectivity index is 2.34. The van der Waals surface area contributed by atoms with Crippen LogP contribution in [0.25, 0.3) is 10.9 Å². The Bertz CT molecular complexity index is 643. The smallest absolute Gasteiger partial charge is 0.374 e. The number of fused-ring (bicyclic) bond motifs is 1. The van der Waals surface area contributed by atoms with E-state index in [2.05, 4.69) is 9.97 Å². The normalized spacial score (nSPS) is 11.0. The van der Waals surface area contributed by atoms with E-state index in [1.165, 1.54) is 0 Å². The van der Waals surface area contributed by atoms with Crippen LogP contribution in [-0.2, 0) is 4.74 Å². The minimum absolute atomic E-state index is 0.162. The SMILES string of the molecule is CC(C)OCCN(C)c1nc(C(=O)O)nc2ccccc12. The number of para-hydroxylation sites is 1. The van der Waals surface area contributed by atoms with Crippen molar-refractivity contribution in [1.82, 2.24) is 9.97 Å². The van der Waals surface area contributed by atoms with Gasteiger partial charge in [0.1, 0.15) is 5.82 Å². The number of likely N-dealkylation sites (N-methyl/N-ethyl adjacent to an activating group) is 1. The van der Waals surface area contributed by atoms with Gasteiger partial charge < -0.3 is 14.7 Å². The van der Waals surface area contributed by atoms with Crippen molar-refractivity contribution in [3.63, 3.8) is 0 Å². The standard InChI is InChI=1S/C15H19N3O3/c1-10(2)21-9-8-18(3)14-11-6-4-5-7-12(11)16-13(17-14)15(19)20/h4-7,10H,8-9H2,1-3H3,(H,19,20). The highest BCUT2D eigenvalue weighted by atomic mass is 16.5. The van der Waals surface area contributed by atoms with Gasteiger partial charge in [0.05, 0.1) is 18.2 Å². The highest BCUT2D eigenvalue weighted by molar-refractivity contribution is 5.93. The van der Waals surface area contributed by atoms with Crippen molar-refractivity contribution < 1.29 is 14.6 Å². The van der Waals surface area contributed by atoms with Crippen LogP contribution in [0.5, 0.6) is 0 Å². The molecule has 21 heavy (non-hydrogen) atoms. The van der Waals surface area contributed by atoms with E-state index in [0.29, 0.717) is 24.5 Å². The van der Waals surface area contributed by atoms with Crippen molar-refractivity contribution in [2.45, 2.75) is 20.0 Å². The van der Waals surface area contributed by atoms with Crippen LogP contribution >= 0.6 is 0 Å². The molecular weight excluding hydrogens is 270 g/mol. The van der Waals surface area contributed by atoms with E-state index < -0.39 is 5.97 Å². The summed E-state index contributed by atoms with van der Waals surface area (Å²) in [5.74, 6) is -0.723.